The maximum absolute atomic E-state index is 12.5. The first kappa shape index (κ1) is 19.4. The fourth-order valence-electron chi connectivity index (χ4n) is 2.36. The lowest BCUT2D eigenvalue weighted by atomic mass is 10.0. The van der Waals surface area contributed by atoms with Crippen LogP contribution in [0.2, 0.25) is 0 Å². The maximum Gasteiger partial charge on any atom is 0.263 e. The molecule has 0 atom stereocenters. The number of anilines is 1. The summed E-state index contributed by atoms with van der Waals surface area (Å²) in [5.74, 6) is 0.241. The minimum atomic E-state index is -3.78. The molecule has 0 aliphatic rings. The fraction of sp³-hybridized carbons (Fsp3) is 0.0952. The lowest BCUT2D eigenvalue weighted by Crippen LogP contribution is -2.15. The maximum atomic E-state index is 12.5. The van der Waals surface area contributed by atoms with Crippen LogP contribution in [0.4, 0.5) is 5.82 Å². The molecule has 0 bridgehead atoms. The van der Waals surface area contributed by atoms with Gasteiger partial charge < -0.3 is 0 Å². The Morgan fingerprint density at radius 3 is 2.38 bits per heavy atom. The predicted octanol–water partition coefficient (Wildman–Crippen LogP) is 5.09. The summed E-state index contributed by atoms with van der Waals surface area (Å²) in [6.07, 6.45) is 7.90. The Hall–Kier alpha value is -2.92. The summed E-state index contributed by atoms with van der Waals surface area (Å²) in [6, 6.07) is 11.4. The number of pyridine rings is 1. The second kappa shape index (κ2) is 8.45. The van der Waals surface area contributed by atoms with Crippen LogP contribution in [-0.4, -0.2) is 13.4 Å². The van der Waals surface area contributed by atoms with Gasteiger partial charge in [-0.3, -0.25) is 4.72 Å². The van der Waals surface area contributed by atoms with E-state index < -0.39 is 10.0 Å². The van der Waals surface area contributed by atoms with E-state index >= 15 is 0 Å². The quantitative estimate of drug-likeness (QED) is 0.695. The van der Waals surface area contributed by atoms with Gasteiger partial charge in [-0.25, -0.2) is 13.4 Å². The fourth-order valence-corrected chi connectivity index (χ4v) is 3.37. The second-order valence-corrected chi connectivity index (χ2v) is 7.30. The van der Waals surface area contributed by atoms with E-state index in [1.165, 1.54) is 18.2 Å². The molecular formula is C21H22N2O2S. The van der Waals surface area contributed by atoms with Crippen LogP contribution < -0.4 is 4.72 Å². The molecule has 4 nitrogen and oxygen atoms in total. The van der Waals surface area contributed by atoms with Gasteiger partial charge in [0.15, 0.2) is 0 Å². The van der Waals surface area contributed by atoms with Gasteiger partial charge in [-0.15, -0.1) is 0 Å². The molecule has 1 N–H and O–H groups in total. The van der Waals surface area contributed by atoms with Crippen LogP contribution in [0.1, 0.15) is 18.1 Å². The van der Waals surface area contributed by atoms with Crippen molar-refractivity contribution in [1.29, 1.82) is 0 Å². The van der Waals surface area contributed by atoms with Crippen LogP contribution in [0.15, 0.2) is 78.8 Å². The van der Waals surface area contributed by atoms with Gasteiger partial charge in [0.25, 0.3) is 10.0 Å². The molecule has 0 saturated heterocycles. The highest BCUT2D eigenvalue weighted by molar-refractivity contribution is 7.96. The summed E-state index contributed by atoms with van der Waals surface area (Å²) in [5.41, 5.74) is 3.67. The van der Waals surface area contributed by atoms with Crippen LogP contribution in [-0.2, 0) is 10.0 Å². The number of hydrogen-bond donors (Lipinski definition) is 1. The Labute approximate surface area is 155 Å². The van der Waals surface area contributed by atoms with Crippen LogP contribution >= 0.6 is 0 Å². The van der Waals surface area contributed by atoms with Crippen molar-refractivity contribution in [3.05, 3.63) is 89.9 Å². The zero-order chi connectivity index (χ0) is 19.2. The van der Waals surface area contributed by atoms with E-state index in [9.17, 15) is 8.42 Å². The third-order valence-electron chi connectivity index (χ3n) is 3.63. The first-order valence-corrected chi connectivity index (χ1v) is 9.58. The van der Waals surface area contributed by atoms with E-state index in [4.69, 9.17) is 0 Å². The minimum Gasteiger partial charge on any atom is -0.263 e. The third-order valence-corrected chi connectivity index (χ3v) is 5.03. The number of benzene rings is 1. The summed E-state index contributed by atoms with van der Waals surface area (Å²) in [6.45, 7) is 11.0. The molecule has 0 radical (unpaired) electrons. The van der Waals surface area contributed by atoms with Gasteiger partial charge in [0.2, 0.25) is 0 Å². The third kappa shape index (κ3) is 4.58. The second-order valence-electron chi connectivity index (χ2n) is 5.61. The number of sulfonamides is 1. The van der Waals surface area contributed by atoms with Gasteiger partial charge in [-0.2, -0.15) is 0 Å². The van der Waals surface area contributed by atoms with Crippen molar-refractivity contribution in [1.82, 2.24) is 4.98 Å². The molecule has 0 fully saturated rings. The summed E-state index contributed by atoms with van der Waals surface area (Å²) in [7, 11) is -3.78. The summed E-state index contributed by atoms with van der Waals surface area (Å²) >= 11 is 0. The Balaban J connectivity index is 2.50. The van der Waals surface area contributed by atoms with Crippen LogP contribution in [0.25, 0.3) is 17.3 Å². The molecule has 0 saturated carbocycles. The molecule has 1 aromatic heterocycles. The number of nitrogens with one attached hydrogen (secondary N) is 1. The first-order valence-electron chi connectivity index (χ1n) is 8.10. The number of aromatic nitrogens is 1. The highest BCUT2D eigenvalue weighted by Gasteiger charge is 2.16. The van der Waals surface area contributed by atoms with Crippen molar-refractivity contribution in [3.63, 3.8) is 0 Å². The van der Waals surface area contributed by atoms with Crippen molar-refractivity contribution < 1.29 is 8.42 Å². The van der Waals surface area contributed by atoms with E-state index in [0.717, 1.165) is 16.7 Å². The normalized spacial score (nSPS) is 12.2. The molecule has 2 aromatic rings. The monoisotopic (exact) mass is 366 g/mol. The summed E-state index contributed by atoms with van der Waals surface area (Å²) < 4.78 is 27.4. The summed E-state index contributed by atoms with van der Waals surface area (Å²) in [4.78, 5) is 4.56. The van der Waals surface area contributed by atoms with Gasteiger partial charge in [-0.05, 0) is 38.1 Å². The Morgan fingerprint density at radius 2 is 1.81 bits per heavy atom. The number of allylic oxidation sites excluding steroid dienone is 4. The standard InChI is InChI=1S/C21H22N2O2S/c1-5-8-17-14-15-20(23-26(24,25)19(7-3)9-6-2)22-21(17)18-12-10-16(4)11-13-18/h5-15H,2-3H2,1,4H3,(H,22,23)/b8-5+,19-9+. The lowest BCUT2D eigenvalue weighted by molar-refractivity contribution is 0.607. The molecule has 0 unspecified atom stereocenters. The van der Waals surface area contributed by atoms with Crippen molar-refractivity contribution in [2.45, 2.75) is 13.8 Å². The van der Waals surface area contributed by atoms with Crippen LogP contribution in [0.5, 0.6) is 0 Å². The molecule has 26 heavy (non-hydrogen) atoms. The molecule has 1 heterocycles. The van der Waals surface area contributed by atoms with Crippen LogP contribution in [0.3, 0.4) is 0 Å². The van der Waals surface area contributed by atoms with Crippen molar-refractivity contribution >= 4 is 21.9 Å². The van der Waals surface area contributed by atoms with Crippen molar-refractivity contribution in [3.8, 4) is 11.3 Å². The molecule has 2 rings (SSSR count). The van der Waals surface area contributed by atoms with Crippen molar-refractivity contribution in [2.75, 3.05) is 4.72 Å². The Morgan fingerprint density at radius 1 is 1.12 bits per heavy atom. The Kier molecular flexibility index (Phi) is 6.31. The molecule has 0 aliphatic carbocycles. The average Bonchev–Trinajstić information content (AvgIpc) is 2.61. The first-order chi connectivity index (χ1) is 12.4. The molecule has 1 aromatic carbocycles. The average molecular weight is 366 g/mol. The van der Waals surface area contributed by atoms with Gasteiger partial charge in [0.1, 0.15) is 5.82 Å². The zero-order valence-corrected chi connectivity index (χ0v) is 15.8. The molecule has 0 spiro atoms. The SMILES string of the molecule is C=C/C=C(\C=C)S(=O)(=O)Nc1ccc(/C=C/C)c(-c2ccc(C)cc2)n1. The number of rotatable bonds is 7. The number of hydrogen-bond acceptors (Lipinski definition) is 3. The van der Waals surface area contributed by atoms with E-state index in [0.29, 0.717) is 5.69 Å². The van der Waals surface area contributed by atoms with Gasteiger partial charge in [0, 0.05) is 11.1 Å². The predicted molar refractivity (Wildman–Crippen MR) is 110 cm³/mol. The van der Waals surface area contributed by atoms with E-state index in [2.05, 4.69) is 22.9 Å². The smallest absolute Gasteiger partial charge is 0.263 e. The molecule has 134 valence electrons. The van der Waals surface area contributed by atoms with E-state index in [1.807, 2.05) is 56.3 Å². The molecular weight excluding hydrogens is 344 g/mol. The van der Waals surface area contributed by atoms with Gasteiger partial charge >= 0.3 is 0 Å². The molecule has 5 heteroatoms. The topological polar surface area (TPSA) is 59.1 Å². The number of aryl methyl sites for hydroxylation is 1. The number of nitrogens with zero attached hydrogens (tertiary/aromatic N) is 1. The lowest BCUT2D eigenvalue weighted by Gasteiger charge is -2.12. The Bertz CT molecular complexity index is 970. The largest absolute Gasteiger partial charge is 0.263 e. The summed E-state index contributed by atoms with van der Waals surface area (Å²) in [5, 5.41) is 0. The molecule has 0 amide bonds. The highest BCUT2D eigenvalue weighted by atomic mass is 32.2. The zero-order valence-electron chi connectivity index (χ0n) is 14.9. The molecule has 0 aliphatic heterocycles. The van der Waals surface area contributed by atoms with E-state index in [-0.39, 0.29) is 10.7 Å². The van der Waals surface area contributed by atoms with E-state index in [1.54, 1.807) is 6.07 Å². The van der Waals surface area contributed by atoms with Crippen LogP contribution in [0, 0.1) is 6.92 Å². The highest BCUT2D eigenvalue weighted by Crippen LogP contribution is 2.26. The van der Waals surface area contributed by atoms with Gasteiger partial charge in [-0.1, -0.05) is 61.2 Å². The van der Waals surface area contributed by atoms with Crippen molar-refractivity contribution in [2.24, 2.45) is 0 Å². The van der Waals surface area contributed by atoms with Gasteiger partial charge in [0.05, 0.1) is 10.6 Å². The minimum absolute atomic E-state index is 0.0312.